The predicted octanol–water partition coefficient (Wildman–Crippen LogP) is 4.30. The maximum absolute atomic E-state index is 3.49. The smallest absolute Gasteiger partial charge is 0.0346 e. The van der Waals surface area contributed by atoms with Gasteiger partial charge in [0.15, 0.2) is 0 Å². The first-order valence-electron chi connectivity index (χ1n) is 6.02. The summed E-state index contributed by atoms with van der Waals surface area (Å²) in [5, 5.41) is 6.09. The van der Waals surface area contributed by atoms with Crippen LogP contribution < -0.4 is 5.32 Å². The zero-order valence-electron chi connectivity index (χ0n) is 10.0. The van der Waals surface area contributed by atoms with Crippen LogP contribution in [0.15, 0.2) is 42.5 Å². The first-order chi connectivity index (χ1) is 7.79. The van der Waals surface area contributed by atoms with E-state index in [9.17, 15) is 0 Å². The van der Waals surface area contributed by atoms with Gasteiger partial charge < -0.3 is 5.32 Å². The van der Waals surface area contributed by atoms with Crippen LogP contribution >= 0.6 is 0 Å². The Balaban J connectivity index is 2.13. The van der Waals surface area contributed by atoms with Gasteiger partial charge in [-0.1, -0.05) is 50.6 Å². The quantitative estimate of drug-likeness (QED) is 0.798. The van der Waals surface area contributed by atoms with Gasteiger partial charge in [0.25, 0.3) is 0 Å². The van der Waals surface area contributed by atoms with E-state index >= 15 is 0 Å². The molecule has 2 aromatic carbocycles. The molecule has 1 N–H and O–H groups in total. The predicted molar refractivity (Wildman–Crippen MR) is 71.9 cm³/mol. The van der Waals surface area contributed by atoms with E-state index in [4.69, 9.17) is 0 Å². The van der Waals surface area contributed by atoms with Crippen molar-refractivity contribution < 1.29 is 0 Å². The second-order valence-corrected chi connectivity index (χ2v) is 4.46. The monoisotopic (exact) mass is 213 g/mol. The average Bonchev–Trinajstić information content (AvgIpc) is 2.35. The second-order valence-electron chi connectivity index (χ2n) is 4.46. The van der Waals surface area contributed by atoms with Crippen molar-refractivity contribution in [3.8, 4) is 0 Å². The van der Waals surface area contributed by atoms with Gasteiger partial charge in [-0.25, -0.2) is 0 Å². The SMILES string of the molecule is CCC(C)CNc1ccc2ccccc2c1. The normalized spacial score (nSPS) is 12.6. The maximum atomic E-state index is 3.49. The molecule has 0 heterocycles. The molecule has 84 valence electrons. The molecule has 1 heteroatoms. The molecule has 0 aromatic heterocycles. The summed E-state index contributed by atoms with van der Waals surface area (Å²) in [6, 6.07) is 15.0. The number of hydrogen-bond acceptors (Lipinski definition) is 1. The third-order valence-electron chi connectivity index (χ3n) is 3.10. The lowest BCUT2D eigenvalue weighted by Gasteiger charge is -2.11. The molecule has 0 amide bonds. The summed E-state index contributed by atoms with van der Waals surface area (Å²) in [4.78, 5) is 0. The van der Waals surface area contributed by atoms with Crippen LogP contribution in [-0.4, -0.2) is 6.54 Å². The highest BCUT2D eigenvalue weighted by Crippen LogP contribution is 2.19. The first-order valence-corrected chi connectivity index (χ1v) is 6.02. The van der Waals surface area contributed by atoms with Crippen LogP contribution in [0.1, 0.15) is 20.3 Å². The zero-order valence-corrected chi connectivity index (χ0v) is 10.0. The van der Waals surface area contributed by atoms with Crippen LogP contribution in [-0.2, 0) is 0 Å². The van der Waals surface area contributed by atoms with Crippen LogP contribution in [0.4, 0.5) is 5.69 Å². The molecule has 0 saturated heterocycles. The van der Waals surface area contributed by atoms with E-state index in [1.54, 1.807) is 0 Å². The van der Waals surface area contributed by atoms with Gasteiger partial charge in [0.05, 0.1) is 0 Å². The lowest BCUT2D eigenvalue weighted by Crippen LogP contribution is -2.09. The molecule has 0 aliphatic heterocycles. The molecular weight excluding hydrogens is 194 g/mol. The largest absolute Gasteiger partial charge is 0.385 e. The number of rotatable bonds is 4. The van der Waals surface area contributed by atoms with Crippen LogP contribution in [0.3, 0.4) is 0 Å². The van der Waals surface area contributed by atoms with E-state index in [-0.39, 0.29) is 0 Å². The molecular formula is C15H19N. The molecule has 1 nitrogen and oxygen atoms in total. The van der Waals surface area contributed by atoms with E-state index in [2.05, 4.69) is 61.6 Å². The van der Waals surface area contributed by atoms with Crippen LogP contribution in [0.25, 0.3) is 10.8 Å². The van der Waals surface area contributed by atoms with Gasteiger partial charge in [-0.2, -0.15) is 0 Å². The summed E-state index contributed by atoms with van der Waals surface area (Å²) in [7, 11) is 0. The number of hydrogen-bond donors (Lipinski definition) is 1. The Labute approximate surface area is 97.5 Å². The molecule has 0 aliphatic carbocycles. The van der Waals surface area contributed by atoms with Crippen molar-refractivity contribution >= 4 is 16.5 Å². The highest BCUT2D eigenvalue weighted by Gasteiger charge is 1.99. The molecule has 2 aromatic rings. The van der Waals surface area contributed by atoms with Crippen LogP contribution in [0.5, 0.6) is 0 Å². The van der Waals surface area contributed by atoms with Gasteiger partial charge in [0.2, 0.25) is 0 Å². The van der Waals surface area contributed by atoms with Gasteiger partial charge >= 0.3 is 0 Å². The van der Waals surface area contributed by atoms with E-state index in [0.717, 1.165) is 12.5 Å². The van der Waals surface area contributed by atoms with Gasteiger partial charge in [-0.3, -0.25) is 0 Å². The van der Waals surface area contributed by atoms with Gasteiger partial charge in [0, 0.05) is 12.2 Å². The summed E-state index contributed by atoms with van der Waals surface area (Å²) < 4.78 is 0. The highest BCUT2D eigenvalue weighted by molar-refractivity contribution is 5.85. The molecule has 0 bridgehead atoms. The van der Waals surface area contributed by atoms with E-state index in [1.807, 2.05) is 0 Å². The Morgan fingerprint density at radius 2 is 1.81 bits per heavy atom. The molecule has 16 heavy (non-hydrogen) atoms. The summed E-state index contributed by atoms with van der Waals surface area (Å²) in [6.45, 7) is 5.55. The lowest BCUT2D eigenvalue weighted by molar-refractivity contribution is 0.593. The Hall–Kier alpha value is -1.50. The summed E-state index contributed by atoms with van der Waals surface area (Å²) in [5.74, 6) is 0.728. The topological polar surface area (TPSA) is 12.0 Å². The third-order valence-corrected chi connectivity index (χ3v) is 3.10. The fourth-order valence-corrected chi connectivity index (χ4v) is 1.74. The zero-order chi connectivity index (χ0) is 11.4. The van der Waals surface area contributed by atoms with Crippen LogP contribution in [0, 0.1) is 5.92 Å². The van der Waals surface area contributed by atoms with E-state index in [1.165, 1.54) is 22.9 Å². The average molecular weight is 213 g/mol. The summed E-state index contributed by atoms with van der Waals surface area (Å²) in [5.41, 5.74) is 1.22. The Kier molecular flexibility index (Phi) is 3.45. The molecule has 0 aliphatic rings. The third kappa shape index (κ3) is 2.54. The Bertz CT molecular complexity index is 462. The standard InChI is InChI=1S/C15H19N/c1-3-12(2)11-16-15-9-8-13-6-4-5-7-14(13)10-15/h4-10,12,16H,3,11H2,1-2H3. The fourth-order valence-electron chi connectivity index (χ4n) is 1.74. The fraction of sp³-hybridized carbons (Fsp3) is 0.333. The molecule has 0 saturated carbocycles. The van der Waals surface area contributed by atoms with Crippen molar-refractivity contribution in [1.29, 1.82) is 0 Å². The van der Waals surface area contributed by atoms with E-state index in [0.29, 0.717) is 0 Å². The van der Waals surface area contributed by atoms with E-state index < -0.39 is 0 Å². The first kappa shape index (κ1) is 11.0. The molecule has 2 rings (SSSR count). The van der Waals surface area contributed by atoms with Crippen LogP contribution in [0.2, 0.25) is 0 Å². The van der Waals surface area contributed by atoms with Gasteiger partial charge in [0.1, 0.15) is 0 Å². The van der Waals surface area contributed by atoms with Gasteiger partial charge in [-0.15, -0.1) is 0 Å². The molecule has 0 fully saturated rings. The second kappa shape index (κ2) is 5.02. The number of fused-ring (bicyclic) bond motifs is 1. The number of nitrogens with one attached hydrogen (secondary N) is 1. The van der Waals surface area contributed by atoms with Crippen molar-refractivity contribution in [2.24, 2.45) is 5.92 Å². The number of anilines is 1. The highest BCUT2D eigenvalue weighted by atomic mass is 14.9. The summed E-state index contributed by atoms with van der Waals surface area (Å²) >= 11 is 0. The molecule has 0 spiro atoms. The minimum absolute atomic E-state index is 0.728. The van der Waals surface area contributed by atoms with Crippen molar-refractivity contribution in [3.05, 3.63) is 42.5 Å². The van der Waals surface area contributed by atoms with Crippen molar-refractivity contribution in [2.45, 2.75) is 20.3 Å². The lowest BCUT2D eigenvalue weighted by atomic mass is 10.1. The summed E-state index contributed by atoms with van der Waals surface area (Å²) in [6.07, 6.45) is 1.22. The minimum atomic E-state index is 0.728. The van der Waals surface area contributed by atoms with Crippen molar-refractivity contribution in [2.75, 3.05) is 11.9 Å². The van der Waals surface area contributed by atoms with Gasteiger partial charge in [-0.05, 0) is 28.8 Å². The van der Waals surface area contributed by atoms with Crippen molar-refractivity contribution in [1.82, 2.24) is 0 Å². The minimum Gasteiger partial charge on any atom is -0.385 e. The Morgan fingerprint density at radius 3 is 2.56 bits per heavy atom. The molecule has 0 radical (unpaired) electrons. The Morgan fingerprint density at radius 1 is 1.06 bits per heavy atom. The molecule has 1 atom stereocenters. The number of benzene rings is 2. The maximum Gasteiger partial charge on any atom is 0.0346 e. The molecule has 1 unspecified atom stereocenters. The van der Waals surface area contributed by atoms with Crippen molar-refractivity contribution in [3.63, 3.8) is 0 Å².